The fourth-order valence-electron chi connectivity index (χ4n) is 1.99. The summed E-state index contributed by atoms with van der Waals surface area (Å²) in [4.78, 5) is 9.98. The second-order valence-electron chi connectivity index (χ2n) is 4.69. The van der Waals surface area contributed by atoms with Crippen LogP contribution in [0.15, 0.2) is 18.2 Å². The van der Waals surface area contributed by atoms with Gasteiger partial charge in [0.2, 0.25) is 6.29 Å². The number of nitro groups is 1. The second-order valence-corrected chi connectivity index (χ2v) is 5.09. The third-order valence-electron chi connectivity index (χ3n) is 3.22. The van der Waals surface area contributed by atoms with E-state index in [2.05, 4.69) is 0 Å². The minimum atomic E-state index is -1.59. The Hall–Kier alpha value is -1.49. The fraction of sp³-hybridized carbons (Fsp3) is 0.500. The van der Waals surface area contributed by atoms with E-state index in [4.69, 9.17) is 26.2 Å². The maximum absolute atomic E-state index is 10.6. The lowest BCUT2D eigenvalue weighted by Crippen LogP contribution is -2.60. The first-order chi connectivity index (χ1) is 10.3. The van der Waals surface area contributed by atoms with E-state index in [9.17, 15) is 25.4 Å². The molecule has 5 atom stereocenters. The molecule has 1 aromatic rings. The number of aliphatic hydroxyl groups excluding tert-OH is 4. The van der Waals surface area contributed by atoms with Gasteiger partial charge in [0.25, 0.3) is 5.69 Å². The van der Waals surface area contributed by atoms with Crippen molar-refractivity contribution >= 4 is 17.3 Å². The molecule has 0 amide bonds. The van der Waals surface area contributed by atoms with Gasteiger partial charge in [0.15, 0.2) is 0 Å². The molecule has 0 saturated carbocycles. The van der Waals surface area contributed by atoms with E-state index in [1.54, 1.807) is 0 Å². The van der Waals surface area contributed by atoms with Crippen LogP contribution < -0.4 is 4.74 Å². The van der Waals surface area contributed by atoms with E-state index in [-0.39, 0.29) is 16.5 Å². The van der Waals surface area contributed by atoms with Gasteiger partial charge in [-0.3, -0.25) is 10.1 Å². The first-order valence-corrected chi connectivity index (χ1v) is 6.64. The Balaban J connectivity index is 2.17. The van der Waals surface area contributed by atoms with Crippen LogP contribution in [0, 0.1) is 10.1 Å². The van der Waals surface area contributed by atoms with E-state index >= 15 is 0 Å². The lowest BCUT2D eigenvalue weighted by molar-refractivity contribution is -0.384. The highest BCUT2D eigenvalue weighted by molar-refractivity contribution is 6.32. The summed E-state index contributed by atoms with van der Waals surface area (Å²) in [6, 6.07) is 3.41. The quantitative estimate of drug-likeness (QED) is 0.423. The largest absolute Gasteiger partial charge is 0.460 e. The summed E-state index contributed by atoms with van der Waals surface area (Å²) < 4.78 is 10.4. The number of benzene rings is 1. The van der Waals surface area contributed by atoms with Crippen LogP contribution in [0.5, 0.6) is 5.75 Å². The zero-order valence-corrected chi connectivity index (χ0v) is 11.8. The van der Waals surface area contributed by atoms with Gasteiger partial charge < -0.3 is 29.9 Å². The van der Waals surface area contributed by atoms with Crippen molar-refractivity contribution < 1.29 is 34.8 Å². The maximum Gasteiger partial charge on any atom is 0.271 e. The van der Waals surface area contributed by atoms with Gasteiger partial charge in [0.1, 0.15) is 30.2 Å². The average molecular weight is 336 g/mol. The summed E-state index contributed by atoms with van der Waals surface area (Å²) in [6.45, 7) is -0.598. The van der Waals surface area contributed by atoms with Gasteiger partial charge in [-0.1, -0.05) is 11.6 Å². The molecule has 1 aromatic carbocycles. The van der Waals surface area contributed by atoms with Crippen molar-refractivity contribution in [3.63, 3.8) is 0 Å². The zero-order chi connectivity index (χ0) is 16.4. The maximum atomic E-state index is 10.6. The molecular weight excluding hydrogens is 322 g/mol. The monoisotopic (exact) mass is 335 g/mol. The summed E-state index contributed by atoms with van der Waals surface area (Å²) >= 11 is 5.85. The van der Waals surface area contributed by atoms with Gasteiger partial charge in [-0.2, -0.15) is 0 Å². The van der Waals surface area contributed by atoms with Gasteiger partial charge in [-0.15, -0.1) is 0 Å². The number of halogens is 1. The van der Waals surface area contributed by atoms with Crippen molar-refractivity contribution in [2.45, 2.75) is 30.7 Å². The Morgan fingerprint density at radius 2 is 1.95 bits per heavy atom. The number of nitrogens with zero attached hydrogens (tertiary/aromatic N) is 1. The lowest BCUT2D eigenvalue weighted by Gasteiger charge is -2.39. The van der Waals surface area contributed by atoms with Crippen molar-refractivity contribution in [3.05, 3.63) is 33.3 Å². The molecule has 0 bridgehead atoms. The van der Waals surface area contributed by atoms with E-state index in [1.807, 2.05) is 0 Å². The second kappa shape index (κ2) is 6.73. The lowest BCUT2D eigenvalue weighted by atomic mass is 9.99. The normalized spacial score (nSPS) is 31.8. The van der Waals surface area contributed by atoms with Crippen molar-refractivity contribution in [2.75, 3.05) is 6.61 Å². The number of ether oxygens (including phenoxy) is 2. The number of hydrogen-bond donors (Lipinski definition) is 4. The summed E-state index contributed by atoms with van der Waals surface area (Å²) in [5.41, 5.74) is -0.244. The van der Waals surface area contributed by atoms with Crippen molar-refractivity contribution in [3.8, 4) is 5.75 Å². The molecule has 0 radical (unpaired) electrons. The first kappa shape index (κ1) is 16.9. The minimum absolute atomic E-state index is 0.0170. The van der Waals surface area contributed by atoms with Crippen LogP contribution >= 0.6 is 11.6 Å². The highest BCUT2D eigenvalue weighted by atomic mass is 35.5. The Morgan fingerprint density at radius 1 is 1.27 bits per heavy atom. The number of aliphatic hydroxyl groups is 4. The van der Waals surface area contributed by atoms with Gasteiger partial charge in [0.05, 0.1) is 16.6 Å². The van der Waals surface area contributed by atoms with Crippen LogP contribution in [-0.2, 0) is 4.74 Å². The van der Waals surface area contributed by atoms with E-state index in [0.29, 0.717) is 0 Å². The third-order valence-corrected chi connectivity index (χ3v) is 3.51. The summed E-state index contributed by atoms with van der Waals surface area (Å²) in [6.07, 6.45) is -7.22. The summed E-state index contributed by atoms with van der Waals surface area (Å²) in [5, 5.41) is 48.7. The standard InChI is InChI=1S/C12H14ClNO8/c13-6-3-5(14(19)20)1-2-7(6)21-12-11(18)10(17)9(16)8(4-15)22-12/h1-3,8-12,15-18H,4H2/t8?,9-,10?,11-,12-/m1/s1. The smallest absolute Gasteiger partial charge is 0.271 e. The van der Waals surface area contributed by atoms with Gasteiger partial charge in [-0.25, -0.2) is 0 Å². The highest BCUT2D eigenvalue weighted by Crippen LogP contribution is 2.31. The molecule has 0 spiro atoms. The molecule has 4 N–H and O–H groups in total. The van der Waals surface area contributed by atoms with Crippen LogP contribution in [0.1, 0.15) is 0 Å². The van der Waals surface area contributed by atoms with Crippen LogP contribution in [0.2, 0.25) is 5.02 Å². The Labute approximate surface area is 129 Å². The van der Waals surface area contributed by atoms with Gasteiger partial charge in [-0.05, 0) is 6.07 Å². The Morgan fingerprint density at radius 3 is 2.50 bits per heavy atom. The van der Waals surface area contributed by atoms with Crippen LogP contribution in [0.3, 0.4) is 0 Å². The third kappa shape index (κ3) is 3.29. The van der Waals surface area contributed by atoms with Gasteiger partial charge in [0, 0.05) is 12.1 Å². The predicted molar refractivity (Wildman–Crippen MR) is 72.5 cm³/mol. The fourth-order valence-corrected chi connectivity index (χ4v) is 2.21. The zero-order valence-electron chi connectivity index (χ0n) is 11.1. The molecule has 2 rings (SSSR count). The van der Waals surface area contributed by atoms with Crippen LogP contribution in [0.25, 0.3) is 0 Å². The average Bonchev–Trinajstić information content (AvgIpc) is 2.49. The summed E-state index contributed by atoms with van der Waals surface area (Å²) in [7, 11) is 0. The van der Waals surface area contributed by atoms with Crippen LogP contribution in [-0.4, -0.2) is 62.7 Å². The molecule has 10 heteroatoms. The number of hydrogen-bond acceptors (Lipinski definition) is 8. The number of non-ortho nitro benzene ring substituents is 1. The molecule has 1 heterocycles. The molecule has 1 aliphatic rings. The molecule has 1 saturated heterocycles. The molecule has 2 unspecified atom stereocenters. The molecule has 1 aliphatic heterocycles. The molecule has 22 heavy (non-hydrogen) atoms. The number of rotatable bonds is 4. The van der Waals surface area contributed by atoms with Crippen LogP contribution in [0.4, 0.5) is 5.69 Å². The Bertz CT molecular complexity index is 554. The molecule has 0 aromatic heterocycles. The minimum Gasteiger partial charge on any atom is -0.460 e. The molecule has 0 aliphatic carbocycles. The number of nitro benzene ring substituents is 1. The topological polar surface area (TPSA) is 143 Å². The van der Waals surface area contributed by atoms with Crippen molar-refractivity contribution in [1.29, 1.82) is 0 Å². The SMILES string of the molecule is O=[N+]([O-])c1ccc(O[C@@H]2OC(CO)[C@@H](O)C(O)[C@H]2O)c(Cl)c1. The van der Waals surface area contributed by atoms with E-state index in [0.717, 1.165) is 12.1 Å². The summed E-state index contributed by atoms with van der Waals surface area (Å²) in [5.74, 6) is -0.0170. The Kier molecular flexibility index (Phi) is 5.16. The van der Waals surface area contributed by atoms with E-state index in [1.165, 1.54) is 6.07 Å². The highest BCUT2D eigenvalue weighted by Gasteiger charge is 2.44. The van der Waals surface area contributed by atoms with Crippen molar-refractivity contribution in [1.82, 2.24) is 0 Å². The van der Waals surface area contributed by atoms with Crippen molar-refractivity contribution in [2.24, 2.45) is 0 Å². The molecule has 122 valence electrons. The van der Waals surface area contributed by atoms with E-state index < -0.39 is 42.2 Å². The molecule has 9 nitrogen and oxygen atoms in total. The molecule has 1 fully saturated rings. The molecular formula is C12H14ClNO8. The predicted octanol–water partition coefficient (Wildman–Crippen LogP) is -0.573. The first-order valence-electron chi connectivity index (χ1n) is 6.26. The van der Waals surface area contributed by atoms with Gasteiger partial charge >= 0.3 is 0 Å².